The summed E-state index contributed by atoms with van der Waals surface area (Å²) in [6.07, 6.45) is 3.82. The fraction of sp³-hybridized carbons (Fsp3) is 0.692. The van der Waals surface area contributed by atoms with Crippen LogP contribution in [0.25, 0.3) is 0 Å². The number of nitrogens with zero attached hydrogens (tertiary/aromatic N) is 3. The molecule has 0 aliphatic carbocycles. The van der Waals surface area contributed by atoms with E-state index in [1.54, 1.807) is 6.33 Å². The summed E-state index contributed by atoms with van der Waals surface area (Å²) in [6, 6.07) is 0.555. The van der Waals surface area contributed by atoms with E-state index in [9.17, 15) is 0 Å². The van der Waals surface area contributed by atoms with E-state index in [1.165, 1.54) is 17.1 Å². The zero-order valence-corrected chi connectivity index (χ0v) is 12.3. The summed E-state index contributed by atoms with van der Waals surface area (Å²) in [4.78, 5) is 11.3. The molecule has 0 aromatic carbocycles. The fourth-order valence-corrected chi connectivity index (χ4v) is 3.40. The lowest BCUT2D eigenvalue weighted by Crippen LogP contribution is -2.41. The van der Waals surface area contributed by atoms with Crippen LogP contribution in [0, 0.1) is 0 Å². The molecule has 5 heteroatoms. The third-order valence-corrected chi connectivity index (χ3v) is 4.49. The van der Waals surface area contributed by atoms with Gasteiger partial charge in [-0.1, -0.05) is 13.3 Å². The van der Waals surface area contributed by atoms with Crippen LogP contribution in [0.4, 0.5) is 11.6 Å². The van der Waals surface area contributed by atoms with Gasteiger partial charge in [0, 0.05) is 36.7 Å². The Labute approximate surface area is 114 Å². The molecule has 1 aliphatic heterocycles. The molecule has 2 rings (SSSR count). The first-order valence-corrected chi connectivity index (χ1v) is 7.79. The van der Waals surface area contributed by atoms with Crippen molar-refractivity contribution < 1.29 is 0 Å². The Morgan fingerprint density at radius 2 is 2.33 bits per heavy atom. The van der Waals surface area contributed by atoms with Crippen LogP contribution in [-0.4, -0.2) is 41.1 Å². The average Bonchev–Trinajstić information content (AvgIpc) is 2.40. The quantitative estimate of drug-likeness (QED) is 0.906. The predicted molar refractivity (Wildman–Crippen MR) is 79.7 cm³/mol. The zero-order chi connectivity index (χ0) is 13.0. The maximum atomic E-state index is 4.55. The van der Waals surface area contributed by atoms with Gasteiger partial charge in [0.25, 0.3) is 0 Å². The third-order valence-electron chi connectivity index (χ3n) is 3.30. The van der Waals surface area contributed by atoms with Gasteiger partial charge in [-0.05, 0) is 13.3 Å². The van der Waals surface area contributed by atoms with E-state index in [0.29, 0.717) is 6.04 Å². The topological polar surface area (TPSA) is 41.1 Å². The van der Waals surface area contributed by atoms with Crippen molar-refractivity contribution in [2.24, 2.45) is 0 Å². The number of thioether (sulfide) groups is 1. The van der Waals surface area contributed by atoms with Gasteiger partial charge < -0.3 is 10.2 Å². The van der Waals surface area contributed by atoms with Crippen LogP contribution in [0.15, 0.2) is 6.33 Å². The molecule has 1 atom stereocenters. The summed E-state index contributed by atoms with van der Waals surface area (Å²) in [6.45, 7) is 5.57. The summed E-state index contributed by atoms with van der Waals surface area (Å²) in [5.74, 6) is 4.48. The van der Waals surface area contributed by atoms with Gasteiger partial charge in [-0.25, -0.2) is 9.97 Å². The first-order valence-electron chi connectivity index (χ1n) is 6.64. The van der Waals surface area contributed by atoms with Crippen molar-refractivity contribution in [3.8, 4) is 0 Å². The molecule has 4 nitrogen and oxygen atoms in total. The highest BCUT2D eigenvalue weighted by molar-refractivity contribution is 7.99. The second kappa shape index (κ2) is 6.27. The summed E-state index contributed by atoms with van der Waals surface area (Å²) >= 11 is 2.03. The molecule has 18 heavy (non-hydrogen) atoms. The lowest BCUT2D eigenvalue weighted by molar-refractivity contribution is 0.681. The normalized spacial score (nSPS) is 19.9. The Morgan fingerprint density at radius 3 is 3.00 bits per heavy atom. The Hall–Kier alpha value is -0.970. The zero-order valence-electron chi connectivity index (χ0n) is 11.4. The maximum Gasteiger partial charge on any atom is 0.137 e. The minimum atomic E-state index is 0.555. The third kappa shape index (κ3) is 2.71. The van der Waals surface area contributed by atoms with Crippen molar-refractivity contribution in [3.05, 3.63) is 11.9 Å². The Balaban J connectivity index is 2.35. The number of nitrogens with one attached hydrogen (secondary N) is 1. The Kier molecular flexibility index (Phi) is 4.69. The maximum absolute atomic E-state index is 4.55. The molecule has 1 unspecified atom stereocenters. The van der Waals surface area contributed by atoms with E-state index in [1.807, 2.05) is 18.8 Å². The molecule has 0 saturated carbocycles. The predicted octanol–water partition coefficient (Wildman–Crippen LogP) is 2.41. The minimum absolute atomic E-state index is 0.555. The fourth-order valence-electron chi connectivity index (χ4n) is 2.39. The molecule has 0 bridgehead atoms. The number of hydrogen-bond donors (Lipinski definition) is 1. The van der Waals surface area contributed by atoms with Gasteiger partial charge in [0.2, 0.25) is 0 Å². The van der Waals surface area contributed by atoms with E-state index in [2.05, 4.69) is 34.0 Å². The lowest BCUT2D eigenvalue weighted by Gasteiger charge is -2.35. The molecule has 0 spiro atoms. The highest BCUT2D eigenvalue weighted by Gasteiger charge is 2.23. The van der Waals surface area contributed by atoms with Crippen molar-refractivity contribution >= 4 is 23.4 Å². The van der Waals surface area contributed by atoms with Gasteiger partial charge in [-0.3, -0.25) is 0 Å². The van der Waals surface area contributed by atoms with Gasteiger partial charge in [0.15, 0.2) is 0 Å². The smallest absolute Gasteiger partial charge is 0.137 e. The Morgan fingerprint density at radius 1 is 1.50 bits per heavy atom. The van der Waals surface area contributed by atoms with Crippen molar-refractivity contribution in [1.29, 1.82) is 0 Å². The molecular weight excluding hydrogens is 244 g/mol. The largest absolute Gasteiger partial charge is 0.373 e. The molecule has 2 heterocycles. The Bertz CT molecular complexity index is 397. The van der Waals surface area contributed by atoms with Gasteiger partial charge in [-0.15, -0.1) is 0 Å². The van der Waals surface area contributed by atoms with Crippen molar-refractivity contribution in [1.82, 2.24) is 9.97 Å². The van der Waals surface area contributed by atoms with E-state index < -0.39 is 0 Å². The van der Waals surface area contributed by atoms with Gasteiger partial charge in [0.05, 0.1) is 0 Å². The van der Waals surface area contributed by atoms with Crippen LogP contribution >= 0.6 is 11.8 Å². The average molecular weight is 266 g/mol. The molecule has 1 N–H and O–H groups in total. The monoisotopic (exact) mass is 266 g/mol. The van der Waals surface area contributed by atoms with E-state index >= 15 is 0 Å². The van der Waals surface area contributed by atoms with Crippen LogP contribution < -0.4 is 10.2 Å². The van der Waals surface area contributed by atoms with Crippen LogP contribution in [0.1, 0.15) is 25.8 Å². The molecule has 100 valence electrons. The van der Waals surface area contributed by atoms with E-state index in [-0.39, 0.29) is 0 Å². The van der Waals surface area contributed by atoms with Crippen LogP contribution in [0.3, 0.4) is 0 Å². The lowest BCUT2D eigenvalue weighted by atomic mass is 10.1. The molecule has 0 amide bonds. The van der Waals surface area contributed by atoms with Crippen LogP contribution in [0.5, 0.6) is 0 Å². The minimum Gasteiger partial charge on any atom is -0.373 e. The number of rotatable bonds is 4. The highest BCUT2D eigenvalue weighted by Crippen LogP contribution is 2.29. The summed E-state index contributed by atoms with van der Waals surface area (Å²) in [5, 5.41) is 3.19. The van der Waals surface area contributed by atoms with Crippen LogP contribution in [0.2, 0.25) is 0 Å². The molecular formula is C13H22N4S. The number of anilines is 2. The van der Waals surface area contributed by atoms with Crippen molar-refractivity contribution in [2.45, 2.75) is 32.7 Å². The number of hydrogen-bond acceptors (Lipinski definition) is 5. The molecule has 1 aromatic heterocycles. The van der Waals surface area contributed by atoms with Gasteiger partial charge in [-0.2, -0.15) is 11.8 Å². The van der Waals surface area contributed by atoms with Crippen molar-refractivity contribution in [2.75, 3.05) is 35.3 Å². The second-order valence-electron chi connectivity index (χ2n) is 4.64. The van der Waals surface area contributed by atoms with Crippen molar-refractivity contribution in [3.63, 3.8) is 0 Å². The first kappa shape index (κ1) is 13.5. The SMILES string of the molecule is CCCc1c(NC)ncnc1N1CCSCC1C. The number of aromatic nitrogens is 2. The standard InChI is InChI=1S/C13H22N4S/c1-4-5-11-12(14-3)15-9-16-13(11)17-6-7-18-8-10(17)2/h9-10H,4-8H2,1-3H3,(H,14,15,16). The van der Waals surface area contributed by atoms with Gasteiger partial charge in [0.1, 0.15) is 18.0 Å². The molecule has 1 saturated heterocycles. The van der Waals surface area contributed by atoms with E-state index in [0.717, 1.165) is 31.0 Å². The molecule has 1 fully saturated rings. The van der Waals surface area contributed by atoms with E-state index in [4.69, 9.17) is 0 Å². The first-order chi connectivity index (χ1) is 8.77. The summed E-state index contributed by atoms with van der Waals surface area (Å²) in [5.41, 5.74) is 1.27. The summed E-state index contributed by atoms with van der Waals surface area (Å²) in [7, 11) is 1.93. The summed E-state index contributed by atoms with van der Waals surface area (Å²) < 4.78 is 0. The molecule has 1 aromatic rings. The van der Waals surface area contributed by atoms with Crippen LogP contribution in [-0.2, 0) is 6.42 Å². The molecule has 1 aliphatic rings. The second-order valence-corrected chi connectivity index (χ2v) is 5.79. The van der Waals surface area contributed by atoms with Gasteiger partial charge >= 0.3 is 0 Å². The molecule has 0 radical (unpaired) electrons. The highest BCUT2D eigenvalue weighted by atomic mass is 32.2.